The number of nitrogens with zero attached hydrogens (tertiary/aromatic N) is 3. The highest BCUT2D eigenvalue weighted by atomic mass is 16.2. The van der Waals surface area contributed by atoms with E-state index in [-0.39, 0.29) is 5.91 Å². The molecule has 0 aliphatic carbocycles. The number of hydrogen-bond acceptors (Lipinski definition) is 4. The molecule has 2 aromatic heterocycles. The standard InChI is InChI=1S/C24H33N5O/c1-4-25-21-14-11-15-26-23(21)28(2)16-9-5-6-10-17-29(3)24(30)22-18-19-12-7-8-13-20(19)27-22/h7-8,11-15,18,25,27H,4-6,9-10,16-17H2,1-3H3. The average Bonchev–Trinajstić information content (AvgIpc) is 3.20. The van der Waals surface area contributed by atoms with Crippen LogP contribution in [0, 0.1) is 0 Å². The van der Waals surface area contributed by atoms with Crippen LogP contribution >= 0.6 is 0 Å². The van der Waals surface area contributed by atoms with Gasteiger partial charge in [-0.3, -0.25) is 4.79 Å². The Labute approximate surface area is 179 Å². The smallest absolute Gasteiger partial charge is 0.270 e. The lowest BCUT2D eigenvalue weighted by Gasteiger charge is -2.21. The van der Waals surface area contributed by atoms with E-state index < -0.39 is 0 Å². The summed E-state index contributed by atoms with van der Waals surface area (Å²) in [7, 11) is 3.97. The second-order valence-electron chi connectivity index (χ2n) is 7.74. The molecule has 0 unspecified atom stereocenters. The zero-order valence-corrected chi connectivity index (χ0v) is 18.3. The highest BCUT2D eigenvalue weighted by Crippen LogP contribution is 2.21. The van der Waals surface area contributed by atoms with Crippen molar-refractivity contribution >= 4 is 28.3 Å². The number of carbonyl (C=O) groups is 1. The molecule has 6 heteroatoms. The number of aromatic amines is 1. The number of para-hydroxylation sites is 1. The molecular weight excluding hydrogens is 374 g/mol. The van der Waals surface area contributed by atoms with Crippen LogP contribution in [0.4, 0.5) is 11.5 Å². The zero-order chi connectivity index (χ0) is 21.3. The zero-order valence-electron chi connectivity index (χ0n) is 18.3. The molecule has 0 atom stereocenters. The third-order valence-corrected chi connectivity index (χ3v) is 5.36. The van der Waals surface area contributed by atoms with Gasteiger partial charge in [0.25, 0.3) is 5.91 Å². The third kappa shape index (κ3) is 5.53. The first kappa shape index (κ1) is 21.7. The molecule has 3 aromatic rings. The largest absolute Gasteiger partial charge is 0.382 e. The summed E-state index contributed by atoms with van der Waals surface area (Å²) >= 11 is 0. The molecule has 30 heavy (non-hydrogen) atoms. The van der Waals surface area contributed by atoms with Crippen molar-refractivity contribution in [1.29, 1.82) is 0 Å². The van der Waals surface area contributed by atoms with Crippen LogP contribution in [0.15, 0.2) is 48.7 Å². The van der Waals surface area contributed by atoms with Crippen molar-refractivity contribution in [2.75, 3.05) is 43.9 Å². The van der Waals surface area contributed by atoms with Gasteiger partial charge in [0.1, 0.15) is 5.69 Å². The highest BCUT2D eigenvalue weighted by Gasteiger charge is 2.14. The van der Waals surface area contributed by atoms with Gasteiger partial charge in [-0.1, -0.05) is 31.0 Å². The topological polar surface area (TPSA) is 64.3 Å². The Morgan fingerprint density at radius 2 is 1.80 bits per heavy atom. The summed E-state index contributed by atoms with van der Waals surface area (Å²) in [4.78, 5) is 24.4. The molecule has 0 aliphatic heterocycles. The molecule has 6 nitrogen and oxygen atoms in total. The van der Waals surface area contributed by atoms with Crippen molar-refractivity contribution < 1.29 is 4.79 Å². The van der Waals surface area contributed by atoms with E-state index in [1.54, 1.807) is 0 Å². The van der Waals surface area contributed by atoms with E-state index in [1.807, 2.05) is 54.5 Å². The fraction of sp³-hybridized carbons (Fsp3) is 0.417. The molecule has 0 fully saturated rings. The molecular formula is C24H33N5O. The Kier molecular flexibility index (Phi) is 7.71. The Hall–Kier alpha value is -3.02. The number of amides is 1. The van der Waals surface area contributed by atoms with Crippen molar-refractivity contribution in [2.24, 2.45) is 0 Å². The number of pyridine rings is 1. The molecule has 0 aliphatic rings. The number of aromatic nitrogens is 2. The summed E-state index contributed by atoms with van der Waals surface area (Å²) in [5.41, 5.74) is 2.75. The van der Waals surface area contributed by atoms with Gasteiger partial charge in [-0.05, 0) is 44.0 Å². The maximum Gasteiger partial charge on any atom is 0.270 e. The second kappa shape index (κ2) is 10.7. The number of anilines is 2. The lowest BCUT2D eigenvalue weighted by atomic mass is 10.1. The van der Waals surface area contributed by atoms with Crippen molar-refractivity contribution in [3.8, 4) is 0 Å². The van der Waals surface area contributed by atoms with Crippen LogP contribution in [0.3, 0.4) is 0 Å². The van der Waals surface area contributed by atoms with E-state index in [0.717, 1.165) is 67.7 Å². The van der Waals surface area contributed by atoms with Crippen LogP contribution in [0.25, 0.3) is 10.9 Å². The summed E-state index contributed by atoms with van der Waals surface area (Å²) in [6.07, 6.45) is 6.21. The second-order valence-corrected chi connectivity index (χ2v) is 7.74. The fourth-order valence-corrected chi connectivity index (χ4v) is 3.68. The van der Waals surface area contributed by atoms with E-state index >= 15 is 0 Å². The van der Waals surface area contributed by atoms with Gasteiger partial charge in [-0.15, -0.1) is 0 Å². The van der Waals surface area contributed by atoms with Crippen molar-refractivity contribution in [2.45, 2.75) is 32.6 Å². The number of rotatable bonds is 11. The molecule has 1 aromatic carbocycles. The van der Waals surface area contributed by atoms with Crippen LogP contribution in [0.1, 0.15) is 43.1 Å². The molecule has 0 radical (unpaired) electrons. The molecule has 2 heterocycles. The number of fused-ring (bicyclic) bond motifs is 1. The maximum absolute atomic E-state index is 12.6. The Morgan fingerprint density at radius 3 is 2.57 bits per heavy atom. The third-order valence-electron chi connectivity index (χ3n) is 5.36. The first-order valence-corrected chi connectivity index (χ1v) is 10.8. The van der Waals surface area contributed by atoms with E-state index in [9.17, 15) is 4.79 Å². The maximum atomic E-state index is 12.6. The first-order chi connectivity index (χ1) is 14.6. The van der Waals surface area contributed by atoms with Gasteiger partial charge >= 0.3 is 0 Å². The van der Waals surface area contributed by atoms with Gasteiger partial charge < -0.3 is 20.1 Å². The number of hydrogen-bond donors (Lipinski definition) is 2. The van der Waals surface area contributed by atoms with Crippen molar-refractivity contribution in [3.63, 3.8) is 0 Å². The van der Waals surface area contributed by atoms with Crippen molar-refractivity contribution in [1.82, 2.24) is 14.9 Å². The minimum Gasteiger partial charge on any atom is -0.382 e. The van der Waals surface area contributed by atoms with Gasteiger partial charge in [-0.2, -0.15) is 0 Å². The van der Waals surface area contributed by atoms with Crippen LogP contribution in [0.2, 0.25) is 0 Å². The molecule has 160 valence electrons. The van der Waals surface area contributed by atoms with Crippen LogP contribution in [0.5, 0.6) is 0 Å². The van der Waals surface area contributed by atoms with Gasteiger partial charge in [0.15, 0.2) is 5.82 Å². The fourth-order valence-electron chi connectivity index (χ4n) is 3.68. The lowest BCUT2D eigenvalue weighted by Crippen LogP contribution is -2.28. The lowest BCUT2D eigenvalue weighted by molar-refractivity contribution is 0.0787. The summed E-state index contributed by atoms with van der Waals surface area (Å²) in [6, 6.07) is 13.9. The minimum atomic E-state index is 0.0528. The molecule has 0 bridgehead atoms. The van der Waals surface area contributed by atoms with Crippen molar-refractivity contribution in [3.05, 3.63) is 54.4 Å². The normalized spacial score (nSPS) is 10.9. The van der Waals surface area contributed by atoms with E-state index in [4.69, 9.17) is 0 Å². The summed E-state index contributed by atoms with van der Waals surface area (Å²) in [6.45, 7) is 4.72. The Bertz CT molecular complexity index is 918. The van der Waals surface area contributed by atoms with Gasteiger partial charge in [0.2, 0.25) is 0 Å². The molecule has 0 saturated carbocycles. The van der Waals surface area contributed by atoms with Gasteiger partial charge in [-0.25, -0.2) is 4.98 Å². The Balaban J connectivity index is 1.37. The average molecular weight is 408 g/mol. The molecule has 0 spiro atoms. The van der Waals surface area contributed by atoms with Gasteiger partial charge in [0, 0.05) is 50.8 Å². The monoisotopic (exact) mass is 407 g/mol. The number of H-pyrrole nitrogens is 1. The summed E-state index contributed by atoms with van der Waals surface area (Å²) in [5, 5.41) is 4.44. The number of nitrogens with one attached hydrogen (secondary N) is 2. The van der Waals surface area contributed by atoms with Crippen LogP contribution in [-0.4, -0.2) is 54.5 Å². The van der Waals surface area contributed by atoms with E-state index in [2.05, 4.69) is 40.2 Å². The van der Waals surface area contributed by atoms with Crippen LogP contribution < -0.4 is 10.2 Å². The quantitative estimate of drug-likeness (QED) is 0.450. The molecule has 3 rings (SSSR count). The van der Waals surface area contributed by atoms with E-state index in [0.29, 0.717) is 5.69 Å². The summed E-state index contributed by atoms with van der Waals surface area (Å²) < 4.78 is 0. The molecule has 0 saturated heterocycles. The highest BCUT2D eigenvalue weighted by molar-refractivity contribution is 5.97. The minimum absolute atomic E-state index is 0.0528. The summed E-state index contributed by atoms with van der Waals surface area (Å²) in [5.74, 6) is 1.06. The van der Waals surface area contributed by atoms with E-state index in [1.165, 1.54) is 0 Å². The SMILES string of the molecule is CCNc1cccnc1N(C)CCCCCCN(C)C(=O)c1cc2ccccc2[nH]1. The number of carbonyl (C=O) groups excluding carboxylic acids is 1. The number of unbranched alkanes of at least 4 members (excludes halogenated alkanes) is 3. The molecule has 1 amide bonds. The Morgan fingerprint density at radius 1 is 1.03 bits per heavy atom. The predicted octanol–water partition coefficient (Wildman–Crippen LogP) is 4.76. The van der Waals surface area contributed by atoms with Crippen LogP contribution in [-0.2, 0) is 0 Å². The van der Waals surface area contributed by atoms with Gasteiger partial charge in [0.05, 0.1) is 5.69 Å². The molecule has 2 N–H and O–H groups in total. The number of benzene rings is 1. The predicted molar refractivity (Wildman–Crippen MR) is 125 cm³/mol. The first-order valence-electron chi connectivity index (χ1n) is 10.8.